The van der Waals surface area contributed by atoms with Crippen molar-refractivity contribution >= 4 is 49.4 Å². The fraction of sp³-hybridized carbons (Fsp3) is 0.417. The number of hydrogen-bond acceptors (Lipinski definition) is 2. The van der Waals surface area contributed by atoms with Crippen molar-refractivity contribution in [2.24, 2.45) is 0 Å². The second kappa shape index (κ2) is 5.72. The van der Waals surface area contributed by atoms with Gasteiger partial charge in [0.1, 0.15) is 5.82 Å². The van der Waals surface area contributed by atoms with Crippen LogP contribution >= 0.6 is 27.5 Å². The molecule has 0 N–H and O–H groups in total. The summed E-state index contributed by atoms with van der Waals surface area (Å²) in [7, 11) is -0.857. The average molecular weight is 350 g/mol. The van der Waals surface area contributed by atoms with Crippen LogP contribution in [0.1, 0.15) is 12.7 Å². The molecule has 0 radical (unpaired) electrons. The normalized spacial score (nSPS) is 14.9. The van der Waals surface area contributed by atoms with Gasteiger partial charge in [0, 0.05) is 33.3 Å². The SMILES string of the molecule is CC(Cn1c(CCl)nc2ccc(Br)cc21)S(C)=O. The zero-order chi connectivity index (χ0) is 13.3. The highest BCUT2D eigenvalue weighted by Gasteiger charge is 2.14. The highest BCUT2D eigenvalue weighted by molar-refractivity contribution is 9.10. The topological polar surface area (TPSA) is 34.9 Å². The van der Waals surface area contributed by atoms with E-state index in [4.69, 9.17) is 11.6 Å². The van der Waals surface area contributed by atoms with Crippen LogP contribution in [-0.4, -0.2) is 25.3 Å². The zero-order valence-corrected chi connectivity index (χ0v) is 13.3. The minimum absolute atomic E-state index is 0.0725. The molecule has 98 valence electrons. The summed E-state index contributed by atoms with van der Waals surface area (Å²) in [5, 5.41) is 0.0725. The number of hydrogen-bond donors (Lipinski definition) is 0. The third-order valence-electron chi connectivity index (χ3n) is 2.92. The summed E-state index contributed by atoms with van der Waals surface area (Å²) >= 11 is 9.39. The van der Waals surface area contributed by atoms with E-state index in [0.717, 1.165) is 21.3 Å². The van der Waals surface area contributed by atoms with Crippen LogP contribution in [0.5, 0.6) is 0 Å². The molecular weight excluding hydrogens is 336 g/mol. The summed E-state index contributed by atoms with van der Waals surface area (Å²) in [6.07, 6.45) is 1.72. The third-order valence-corrected chi connectivity index (χ3v) is 4.93. The third kappa shape index (κ3) is 2.78. The molecule has 0 aliphatic carbocycles. The Labute approximate surface area is 122 Å². The van der Waals surface area contributed by atoms with E-state index in [1.54, 1.807) is 6.26 Å². The van der Waals surface area contributed by atoms with Gasteiger partial charge in [-0.3, -0.25) is 4.21 Å². The lowest BCUT2D eigenvalue weighted by Gasteiger charge is -2.12. The van der Waals surface area contributed by atoms with E-state index in [2.05, 4.69) is 25.5 Å². The number of aromatic nitrogens is 2. The summed E-state index contributed by atoms with van der Waals surface area (Å²) < 4.78 is 14.6. The fourth-order valence-corrected chi connectivity index (χ4v) is 2.73. The Morgan fingerprint density at radius 1 is 1.56 bits per heavy atom. The molecule has 1 heterocycles. The summed E-state index contributed by atoms with van der Waals surface area (Å²) in [5.41, 5.74) is 1.94. The van der Waals surface area contributed by atoms with E-state index in [1.165, 1.54) is 0 Å². The average Bonchev–Trinajstić information content (AvgIpc) is 2.67. The van der Waals surface area contributed by atoms with Gasteiger partial charge in [-0.25, -0.2) is 4.98 Å². The number of fused-ring (bicyclic) bond motifs is 1. The van der Waals surface area contributed by atoms with E-state index in [9.17, 15) is 4.21 Å². The van der Waals surface area contributed by atoms with Crippen LogP contribution in [0.15, 0.2) is 22.7 Å². The summed E-state index contributed by atoms with van der Waals surface area (Å²) in [6.45, 7) is 2.63. The van der Waals surface area contributed by atoms with Crippen LogP contribution in [0.25, 0.3) is 11.0 Å². The van der Waals surface area contributed by atoms with Crippen molar-refractivity contribution in [3.63, 3.8) is 0 Å². The molecule has 0 amide bonds. The van der Waals surface area contributed by atoms with Gasteiger partial charge in [-0.2, -0.15) is 0 Å². The summed E-state index contributed by atoms with van der Waals surface area (Å²) in [5.74, 6) is 1.18. The monoisotopic (exact) mass is 348 g/mol. The molecule has 2 aromatic rings. The predicted molar refractivity (Wildman–Crippen MR) is 80.5 cm³/mol. The largest absolute Gasteiger partial charge is 0.326 e. The molecule has 0 spiro atoms. The Balaban J connectivity index is 2.52. The minimum atomic E-state index is -0.857. The maximum atomic E-state index is 11.5. The fourth-order valence-electron chi connectivity index (χ4n) is 1.81. The van der Waals surface area contributed by atoms with Crippen molar-refractivity contribution in [2.75, 3.05) is 6.26 Å². The molecular formula is C12H14BrClN2OS. The smallest absolute Gasteiger partial charge is 0.124 e. The first-order valence-corrected chi connectivity index (χ1v) is 8.50. The van der Waals surface area contributed by atoms with Gasteiger partial charge < -0.3 is 4.57 Å². The quantitative estimate of drug-likeness (QED) is 0.794. The Hall–Kier alpha value is -0.390. The van der Waals surface area contributed by atoms with E-state index >= 15 is 0 Å². The van der Waals surface area contributed by atoms with Gasteiger partial charge in [-0.05, 0) is 25.1 Å². The number of imidazole rings is 1. The molecule has 6 heteroatoms. The molecule has 0 saturated carbocycles. The molecule has 0 fully saturated rings. The minimum Gasteiger partial charge on any atom is -0.326 e. The van der Waals surface area contributed by atoms with Crippen molar-refractivity contribution < 1.29 is 4.21 Å². The molecule has 1 aromatic carbocycles. The van der Waals surface area contributed by atoms with Crippen molar-refractivity contribution in [1.29, 1.82) is 0 Å². The molecule has 2 rings (SSSR count). The standard InChI is InChI=1S/C12H14BrClN2OS/c1-8(18(2)17)7-16-11-5-9(13)3-4-10(11)15-12(16)6-14/h3-5,8H,6-7H2,1-2H3. The Morgan fingerprint density at radius 2 is 2.28 bits per heavy atom. The van der Waals surface area contributed by atoms with Crippen molar-refractivity contribution in [1.82, 2.24) is 9.55 Å². The lowest BCUT2D eigenvalue weighted by Crippen LogP contribution is -2.18. The Kier molecular flexibility index (Phi) is 4.45. The molecule has 0 aliphatic rings. The van der Waals surface area contributed by atoms with Gasteiger partial charge in [0.2, 0.25) is 0 Å². The molecule has 2 unspecified atom stereocenters. The first-order chi connectivity index (χ1) is 8.52. The number of nitrogens with zero attached hydrogens (tertiary/aromatic N) is 2. The van der Waals surface area contributed by atoms with Crippen LogP contribution in [0.3, 0.4) is 0 Å². The zero-order valence-electron chi connectivity index (χ0n) is 10.2. The maximum Gasteiger partial charge on any atom is 0.124 e. The highest BCUT2D eigenvalue weighted by atomic mass is 79.9. The summed E-state index contributed by atoms with van der Waals surface area (Å²) in [6, 6.07) is 5.93. The second-order valence-corrected chi connectivity index (χ2v) is 7.20. The number of halogens is 2. The van der Waals surface area contributed by atoms with Gasteiger partial charge in [0.15, 0.2) is 0 Å². The molecule has 18 heavy (non-hydrogen) atoms. The van der Waals surface area contributed by atoms with Crippen LogP contribution in [-0.2, 0) is 23.2 Å². The lowest BCUT2D eigenvalue weighted by atomic mass is 10.3. The number of benzene rings is 1. The molecule has 1 aromatic heterocycles. The van der Waals surface area contributed by atoms with Gasteiger partial charge >= 0.3 is 0 Å². The molecule has 0 aliphatic heterocycles. The first kappa shape index (κ1) is 14.0. The van der Waals surface area contributed by atoms with Crippen LogP contribution < -0.4 is 0 Å². The molecule has 0 bridgehead atoms. The van der Waals surface area contributed by atoms with Crippen molar-refractivity contribution in [3.8, 4) is 0 Å². The Bertz CT molecular complexity index is 599. The van der Waals surface area contributed by atoms with E-state index in [0.29, 0.717) is 12.4 Å². The van der Waals surface area contributed by atoms with Gasteiger partial charge in [0.25, 0.3) is 0 Å². The summed E-state index contributed by atoms with van der Waals surface area (Å²) in [4.78, 5) is 4.50. The second-order valence-electron chi connectivity index (χ2n) is 4.21. The Morgan fingerprint density at radius 3 is 2.89 bits per heavy atom. The lowest BCUT2D eigenvalue weighted by molar-refractivity contribution is 0.641. The molecule has 0 saturated heterocycles. The van der Waals surface area contributed by atoms with Crippen molar-refractivity contribution in [3.05, 3.63) is 28.5 Å². The van der Waals surface area contributed by atoms with Crippen LogP contribution in [0.4, 0.5) is 0 Å². The maximum absolute atomic E-state index is 11.5. The molecule has 3 nitrogen and oxygen atoms in total. The van der Waals surface area contributed by atoms with Crippen LogP contribution in [0, 0.1) is 0 Å². The first-order valence-electron chi connectivity index (χ1n) is 5.55. The van der Waals surface area contributed by atoms with E-state index in [-0.39, 0.29) is 5.25 Å². The van der Waals surface area contributed by atoms with E-state index in [1.807, 2.05) is 25.1 Å². The predicted octanol–water partition coefficient (Wildman–Crippen LogP) is 3.30. The van der Waals surface area contributed by atoms with Crippen molar-refractivity contribution in [2.45, 2.75) is 24.6 Å². The van der Waals surface area contributed by atoms with E-state index < -0.39 is 10.8 Å². The highest BCUT2D eigenvalue weighted by Crippen LogP contribution is 2.22. The number of rotatable bonds is 4. The van der Waals surface area contributed by atoms with Gasteiger partial charge in [-0.15, -0.1) is 11.6 Å². The van der Waals surface area contributed by atoms with Crippen LogP contribution in [0.2, 0.25) is 0 Å². The number of alkyl halides is 1. The molecule has 2 atom stereocenters. The van der Waals surface area contributed by atoms with Gasteiger partial charge in [-0.1, -0.05) is 15.9 Å². The van der Waals surface area contributed by atoms with Gasteiger partial charge in [0.05, 0.1) is 16.9 Å².